The second-order valence-electron chi connectivity index (χ2n) is 25.4. The van der Waals surface area contributed by atoms with Crippen LogP contribution in [0, 0.1) is 21.0 Å². The summed E-state index contributed by atoms with van der Waals surface area (Å²) in [5.74, 6) is 0. The van der Waals surface area contributed by atoms with Crippen LogP contribution < -0.4 is 31.0 Å². The Morgan fingerprint density at radius 3 is 1.49 bits per heavy atom. The Bertz CT molecular complexity index is 6080. The fourth-order valence-electron chi connectivity index (χ4n) is 16.2. The van der Waals surface area contributed by atoms with Crippen LogP contribution >= 0.6 is 0 Å². The van der Waals surface area contributed by atoms with Gasteiger partial charge in [-0.3, -0.25) is 0 Å². The second kappa shape index (κ2) is 20.4. The summed E-state index contributed by atoms with van der Waals surface area (Å²) in [6.07, 6.45) is 0. The maximum absolute atomic E-state index is 7.76. The number of halogens is 1. The molecule has 20 rings (SSSR count). The zero-order valence-corrected chi connectivity index (χ0v) is 53.6. The normalized spacial score (nSPS) is 14.1. The van der Waals surface area contributed by atoms with E-state index in [2.05, 4.69) is 327 Å². The molecule has 0 N–H and O–H groups in total. The van der Waals surface area contributed by atoms with Crippen molar-refractivity contribution in [1.29, 1.82) is 0 Å². The molecule has 1 spiro atoms. The van der Waals surface area contributed by atoms with E-state index in [1.54, 1.807) is 0 Å². The van der Waals surface area contributed by atoms with Gasteiger partial charge in [-0.25, -0.2) is 0 Å². The quantitative estimate of drug-likeness (QED) is 0.142. The molecule has 2 aromatic heterocycles. The Morgan fingerprint density at radius 1 is 0.309 bits per heavy atom. The molecule has 442 valence electrons. The third-order valence-electron chi connectivity index (χ3n) is 20.4. The molecule has 94 heavy (non-hydrogen) atoms. The van der Waals surface area contributed by atoms with Crippen LogP contribution in [0.2, 0.25) is 0 Å². The van der Waals surface area contributed by atoms with Crippen LogP contribution in [0.5, 0.6) is 0 Å². The minimum absolute atomic E-state index is 0.797. The van der Waals surface area contributed by atoms with Crippen LogP contribution in [0.4, 0.5) is 34.1 Å². The summed E-state index contributed by atoms with van der Waals surface area (Å²) in [6.45, 7) is 4.51. The molecule has 1 aliphatic heterocycles. The Balaban J connectivity index is 0.931. The molecule has 3 aliphatic rings. The van der Waals surface area contributed by atoms with E-state index >= 15 is 0 Å². The SMILES string of the molecule is Cc1ccccc1N(c1ccc2cc(-c3ccccc3)ccc2c1)c1cc2c(c3c1-c1ccccc1[I-]3)-c1c(cc(N(c3ccc4cc(-c5ccccc5)ccc4c3)c3ccccc3C)c3c1oc1ccccc13)C21c2ccccc2-c2c1ccc1c2oc2ccccc21. The van der Waals surface area contributed by atoms with E-state index in [-0.39, 0.29) is 0 Å². The maximum atomic E-state index is 7.76. The predicted octanol–water partition coefficient (Wildman–Crippen LogP) is 21.1. The zero-order valence-electron chi connectivity index (χ0n) is 51.5. The third kappa shape index (κ3) is 7.61. The van der Waals surface area contributed by atoms with Gasteiger partial charge in [0.15, 0.2) is 0 Å². The van der Waals surface area contributed by atoms with Gasteiger partial charge in [0.05, 0.1) is 0 Å². The minimum atomic E-state index is -0.892. The summed E-state index contributed by atoms with van der Waals surface area (Å²) >= 11 is -0.797. The van der Waals surface area contributed by atoms with Crippen molar-refractivity contribution in [3.05, 3.63) is 344 Å². The number of fused-ring (bicyclic) bond motifs is 24. The average Bonchev–Trinajstić information content (AvgIpc) is 1.48. The van der Waals surface area contributed by atoms with E-state index in [0.29, 0.717) is 0 Å². The van der Waals surface area contributed by atoms with E-state index < -0.39 is 26.6 Å². The van der Waals surface area contributed by atoms with E-state index in [4.69, 9.17) is 8.83 Å². The number of hydrogen-bond donors (Lipinski definition) is 0. The monoisotopic (exact) mass is 1310 g/mol. The second-order valence-corrected chi connectivity index (χ2v) is 28.2. The van der Waals surface area contributed by atoms with Crippen molar-refractivity contribution in [2.24, 2.45) is 0 Å². The van der Waals surface area contributed by atoms with Crippen LogP contribution in [0.25, 0.3) is 121 Å². The Hall–Kier alpha value is -11.3. The number of aryl methyl sites for hydroxylation is 2. The molecule has 0 amide bonds. The molecule has 0 saturated heterocycles. The summed E-state index contributed by atoms with van der Waals surface area (Å²) in [4.78, 5) is 5.13. The van der Waals surface area contributed by atoms with Gasteiger partial charge in [-0.1, -0.05) is 48.5 Å². The van der Waals surface area contributed by atoms with Crippen LogP contribution in [0.1, 0.15) is 33.4 Å². The standard InChI is InChI=1S/C89H56IN2O2/c1-53-21-9-17-33-75(53)91(63-43-41-59-47-57(37-39-61(59)49-63)55-23-5-3-6-24-55)77-51-72-84(86-82(77)68-29-12-16-32-74(68)90-86)85-73(89(72)70-31-15-11-28-67(70)81-71(89)46-45-66-65-27-13-19-35-79(65)93-87(66)81)52-78(83-69-30-14-20-36-80(69)94-88(83)85)92(76-34-18-10-22-54(76)2)64-44-42-60-48-58(38-40-62(60)50-64)56-25-7-4-8-26-56/h3-52H,1-2H3/q-1. The van der Waals surface area contributed by atoms with E-state index in [9.17, 15) is 0 Å². The van der Waals surface area contributed by atoms with Crippen molar-refractivity contribution in [3.8, 4) is 55.6 Å². The molecule has 3 heterocycles. The van der Waals surface area contributed by atoms with Gasteiger partial charge >= 0.3 is 498 Å². The van der Waals surface area contributed by atoms with Gasteiger partial charge in [0.2, 0.25) is 0 Å². The number of anilines is 6. The van der Waals surface area contributed by atoms with Gasteiger partial charge in [-0.05, 0) is 11.1 Å². The van der Waals surface area contributed by atoms with E-state index in [1.807, 2.05) is 0 Å². The van der Waals surface area contributed by atoms with Gasteiger partial charge in [-0.2, -0.15) is 0 Å². The number of para-hydroxylation sites is 4. The molecule has 15 aromatic carbocycles. The van der Waals surface area contributed by atoms with Crippen molar-refractivity contribution in [1.82, 2.24) is 0 Å². The van der Waals surface area contributed by atoms with Crippen molar-refractivity contribution >= 4 is 99.5 Å². The number of hydrogen-bond acceptors (Lipinski definition) is 4. The van der Waals surface area contributed by atoms with Crippen molar-refractivity contribution in [2.45, 2.75) is 19.3 Å². The van der Waals surface area contributed by atoms with Crippen molar-refractivity contribution in [2.75, 3.05) is 9.80 Å². The molecule has 0 radical (unpaired) electrons. The molecule has 1 atom stereocenters. The van der Waals surface area contributed by atoms with E-state index in [1.165, 1.54) is 95.6 Å². The number of furan rings is 2. The third-order valence-corrected chi connectivity index (χ3v) is 23.5. The van der Waals surface area contributed by atoms with Crippen LogP contribution in [0.15, 0.2) is 312 Å². The molecule has 4 nitrogen and oxygen atoms in total. The average molecular weight is 1310 g/mol. The molecule has 1 unspecified atom stereocenters. The van der Waals surface area contributed by atoms with Gasteiger partial charge < -0.3 is 0 Å². The van der Waals surface area contributed by atoms with Crippen molar-refractivity contribution < 1.29 is 30.0 Å². The molecule has 5 heteroatoms. The first-order chi connectivity index (χ1) is 46.4. The van der Waals surface area contributed by atoms with Crippen LogP contribution in [0.3, 0.4) is 0 Å². The Labute approximate surface area is 554 Å². The number of benzene rings is 15. The van der Waals surface area contributed by atoms with Gasteiger partial charge in [0.1, 0.15) is 0 Å². The molecular weight excluding hydrogens is 1260 g/mol. The van der Waals surface area contributed by atoms with Gasteiger partial charge in [0.25, 0.3) is 0 Å². The van der Waals surface area contributed by atoms with E-state index in [0.717, 1.165) is 100 Å². The number of rotatable bonds is 8. The first-order valence-electron chi connectivity index (χ1n) is 32.3. The van der Waals surface area contributed by atoms with Crippen molar-refractivity contribution in [3.63, 3.8) is 0 Å². The predicted molar refractivity (Wildman–Crippen MR) is 385 cm³/mol. The molecule has 17 aromatic rings. The van der Waals surface area contributed by atoms with Crippen LogP contribution in [-0.4, -0.2) is 0 Å². The summed E-state index contributed by atoms with van der Waals surface area (Å²) in [5.41, 5.74) is 28.6. The summed E-state index contributed by atoms with van der Waals surface area (Å²) in [6, 6.07) is 113. The molecular formula is C89H56IN2O2-. The first kappa shape index (κ1) is 53.4. The molecule has 0 bridgehead atoms. The topological polar surface area (TPSA) is 32.8 Å². The fraction of sp³-hybridized carbons (Fsp3) is 0.0337. The molecule has 0 saturated carbocycles. The molecule has 0 fully saturated rings. The first-order valence-corrected chi connectivity index (χ1v) is 34.5. The summed E-state index contributed by atoms with van der Waals surface area (Å²) in [7, 11) is 0. The van der Waals surface area contributed by atoms with Crippen LogP contribution in [-0.2, 0) is 5.41 Å². The van der Waals surface area contributed by atoms with Gasteiger partial charge in [-0.15, -0.1) is 0 Å². The summed E-state index contributed by atoms with van der Waals surface area (Å²) < 4.78 is 17.8. The number of nitrogens with zero attached hydrogens (tertiary/aromatic N) is 2. The Morgan fingerprint density at radius 2 is 0.819 bits per heavy atom. The van der Waals surface area contributed by atoms with Gasteiger partial charge in [0, 0.05) is 0 Å². The summed E-state index contributed by atoms with van der Waals surface area (Å²) in [5, 5.41) is 9.10. The zero-order chi connectivity index (χ0) is 61.9. The molecule has 2 aliphatic carbocycles. The fourth-order valence-corrected chi connectivity index (χ4v) is 19.6. The Kier molecular flexibility index (Phi) is 11.6.